The van der Waals surface area contributed by atoms with Crippen LogP contribution in [-0.2, 0) is 44.4 Å². The molecule has 0 heterocycles. The van der Waals surface area contributed by atoms with Gasteiger partial charge in [0.15, 0.2) is 0 Å². The van der Waals surface area contributed by atoms with Crippen molar-refractivity contribution in [2.45, 2.75) is 109 Å². The van der Waals surface area contributed by atoms with Gasteiger partial charge in [-0.25, -0.2) is 0 Å². The Morgan fingerprint density at radius 2 is 0.945 bits per heavy atom. The molecule has 0 saturated carbocycles. The van der Waals surface area contributed by atoms with Gasteiger partial charge in [0, 0.05) is 0 Å². The molecule has 1 unspecified atom stereocenters. The maximum atomic E-state index is 14.0. The predicted molar refractivity (Wildman–Crippen MR) is 211 cm³/mol. The van der Waals surface area contributed by atoms with Crippen LogP contribution in [0.15, 0.2) is 106 Å². The summed E-state index contributed by atoms with van der Waals surface area (Å²) in [5, 5.41) is 0. The van der Waals surface area contributed by atoms with E-state index in [1.807, 2.05) is 0 Å². The Morgan fingerprint density at radius 3 is 1.29 bits per heavy atom. The number of halogens is 6. The molecular formula is C48H52F6Zr. The normalized spacial score (nSPS) is 16.5. The summed E-state index contributed by atoms with van der Waals surface area (Å²) >= 11 is -3.62. The van der Waals surface area contributed by atoms with Gasteiger partial charge in [-0.1, -0.05) is 0 Å². The predicted octanol–water partition coefficient (Wildman–Crippen LogP) is 14.6. The van der Waals surface area contributed by atoms with Crippen LogP contribution < -0.4 is 0 Å². The van der Waals surface area contributed by atoms with E-state index in [1.54, 1.807) is 24.3 Å². The standard InChI is InChI=1S/C21H25.C15H8F6.C12H19.Zr/c1-20(2,3)16-7-9-18-14(12-16)11-15-13-17(21(4,5)6)8-10-19(15)18;16-14(17,18)12-5-1-10(2-6-12)9-11-3-7-13(8-4-11)15(19,20)21;1-5-6-10-7-8-11(9-10)12(2,3)4;/h7-13H,1-6H3;1-8H;8-10H,5-6H2,1-4H3;. The van der Waals surface area contributed by atoms with Crippen LogP contribution in [0.5, 0.6) is 0 Å². The summed E-state index contributed by atoms with van der Waals surface area (Å²) in [5.41, 5.74) is 7.62. The van der Waals surface area contributed by atoms with Crippen LogP contribution in [0.1, 0.15) is 130 Å². The van der Waals surface area contributed by atoms with E-state index in [0.717, 1.165) is 51.4 Å². The first kappa shape index (κ1) is 41.3. The van der Waals surface area contributed by atoms with Crippen molar-refractivity contribution in [3.05, 3.63) is 150 Å². The molecule has 1 atom stereocenters. The Bertz CT molecular complexity index is 2050. The molecule has 2 aliphatic rings. The van der Waals surface area contributed by atoms with E-state index < -0.39 is 44.7 Å². The maximum absolute atomic E-state index is 14.0. The van der Waals surface area contributed by atoms with E-state index in [4.69, 9.17) is 0 Å². The minimum absolute atomic E-state index is 0.0880. The van der Waals surface area contributed by atoms with Crippen LogP contribution in [-0.4, -0.2) is 3.21 Å². The summed E-state index contributed by atoms with van der Waals surface area (Å²) in [4.78, 5) is 0. The van der Waals surface area contributed by atoms with Crippen LogP contribution in [0.25, 0.3) is 11.1 Å². The van der Waals surface area contributed by atoms with Gasteiger partial charge >= 0.3 is 333 Å². The molecule has 0 bridgehead atoms. The van der Waals surface area contributed by atoms with Crippen molar-refractivity contribution >= 4 is 3.21 Å². The fraction of sp³-hybridized carbons (Fsp3) is 0.396. The molecule has 0 spiro atoms. The van der Waals surface area contributed by atoms with Crippen LogP contribution in [0, 0.1) is 11.3 Å². The average Bonchev–Trinajstić information content (AvgIpc) is 3.65. The molecule has 4 aromatic carbocycles. The van der Waals surface area contributed by atoms with Gasteiger partial charge in [0.1, 0.15) is 0 Å². The molecule has 290 valence electrons. The molecule has 0 radical (unpaired) electrons. The topological polar surface area (TPSA) is 0 Å². The molecule has 0 aliphatic heterocycles. The third kappa shape index (κ3) is 8.39. The molecule has 7 heteroatoms. The zero-order valence-electron chi connectivity index (χ0n) is 33.6. The number of alkyl halides is 6. The van der Waals surface area contributed by atoms with Crippen molar-refractivity contribution in [2.24, 2.45) is 11.3 Å². The number of hydrogen-bond acceptors (Lipinski definition) is 0. The van der Waals surface area contributed by atoms with Crippen LogP contribution in [0.4, 0.5) is 26.3 Å². The fourth-order valence-corrected chi connectivity index (χ4v) is 17.6. The summed E-state index contributed by atoms with van der Waals surface area (Å²) in [7, 11) is 0. The number of allylic oxidation sites excluding steroid dienone is 4. The Morgan fingerprint density at radius 1 is 0.545 bits per heavy atom. The first-order chi connectivity index (χ1) is 25.4. The third-order valence-corrected chi connectivity index (χ3v) is 19.7. The van der Waals surface area contributed by atoms with Gasteiger partial charge in [-0.2, -0.15) is 0 Å². The molecule has 0 amide bonds. The van der Waals surface area contributed by atoms with Crippen molar-refractivity contribution in [1.82, 2.24) is 0 Å². The van der Waals surface area contributed by atoms with Crippen molar-refractivity contribution in [3.8, 4) is 11.1 Å². The number of rotatable bonds is 6. The number of hydrogen-bond donors (Lipinski definition) is 0. The Labute approximate surface area is 330 Å². The minimum atomic E-state index is -4.53. The van der Waals surface area contributed by atoms with Gasteiger partial charge in [-0.15, -0.1) is 0 Å². The first-order valence-corrected chi connectivity index (χ1v) is 23.1. The van der Waals surface area contributed by atoms with Gasteiger partial charge in [-0.3, -0.25) is 0 Å². The van der Waals surface area contributed by atoms with Gasteiger partial charge in [0.2, 0.25) is 0 Å². The van der Waals surface area contributed by atoms with Crippen molar-refractivity contribution in [1.29, 1.82) is 0 Å². The molecule has 0 aromatic heterocycles. The molecule has 55 heavy (non-hydrogen) atoms. The summed E-state index contributed by atoms with van der Waals surface area (Å²) in [6, 6.07) is 24.2. The molecule has 0 nitrogen and oxygen atoms in total. The first-order valence-electron chi connectivity index (χ1n) is 19.2. The zero-order chi connectivity index (χ0) is 40.5. The van der Waals surface area contributed by atoms with Crippen molar-refractivity contribution in [3.63, 3.8) is 0 Å². The molecule has 0 N–H and O–H groups in total. The fourth-order valence-electron chi connectivity index (χ4n) is 8.01. The molecule has 0 saturated heterocycles. The molecule has 2 aliphatic carbocycles. The number of benzene rings is 4. The summed E-state index contributed by atoms with van der Waals surface area (Å²) in [5.74, 6) is 0.108. The van der Waals surface area contributed by atoms with E-state index in [-0.39, 0.29) is 25.8 Å². The molecule has 6 rings (SSSR count). The third-order valence-electron chi connectivity index (χ3n) is 11.2. The summed E-state index contributed by atoms with van der Waals surface area (Å²) < 4.78 is 86.3. The zero-order valence-corrected chi connectivity index (χ0v) is 36.0. The van der Waals surface area contributed by atoms with E-state index in [0.29, 0.717) is 11.1 Å². The second-order valence-electron chi connectivity index (χ2n) is 18.3. The second-order valence-corrected chi connectivity index (χ2v) is 24.4. The SMILES string of the molecule is CCCC1C=C(C(C)(C)C)C=[C]1[Zr](=[C](c1ccc(C(F)(F)F)cc1)c1ccc(C(F)(F)F)cc1)[CH]1c2cc(C(C)(C)C)ccc2-c2ccc(C(C)(C)C)cc21. The van der Waals surface area contributed by atoms with Crippen LogP contribution in [0.2, 0.25) is 0 Å². The summed E-state index contributed by atoms with van der Waals surface area (Å²) in [6.45, 7) is 21.9. The Kier molecular flexibility index (Phi) is 10.9. The Hall–Kier alpha value is -3.31. The van der Waals surface area contributed by atoms with Crippen LogP contribution >= 0.6 is 0 Å². The monoisotopic (exact) mass is 832 g/mol. The molecule has 0 fully saturated rings. The van der Waals surface area contributed by atoms with Gasteiger partial charge in [0.25, 0.3) is 0 Å². The van der Waals surface area contributed by atoms with Crippen molar-refractivity contribution in [2.75, 3.05) is 0 Å². The molecular weight excluding hydrogens is 782 g/mol. The summed E-state index contributed by atoms with van der Waals surface area (Å²) in [6.07, 6.45) is -2.46. The second kappa shape index (κ2) is 14.6. The van der Waals surface area contributed by atoms with E-state index in [2.05, 4.69) is 118 Å². The Balaban J connectivity index is 1.81. The number of fused-ring (bicyclic) bond motifs is 3. The average molecular weight is 834 g/mol. The van der Waals surface area contributed by atoms with E-state index in [9.17, 15) is 26.3 Å². The van der Waals surface area contributed by atoms with E-state index in [1.165, 1.54) is 31.1 Å². The quantitative estimate of drug-likeness (QED) is 0.170. The van der Waals surface area contributed by atoms with Gasteiger partial charge < -0.3 is 0 Å². The van der Waals surface area contributed by atoms with Gasteiger partial charge in [-0.05, 0) is 0 Å². The van der Waals surface area contributed by atoms with E-state index >= 15 is 0 Å². The van der Waals surface area contributed by atoms with Gasteiger partial charge in [0.05, 0.1) is 0 Å². The van der Waals surface area contributed by atoms with Crippen LogP contribution in [0.3, 0.4) is 0 Å². The molecule has 4 aromatic rings. The van der Waals surface area contributed by atoms with Crippen molar-refractivity contribution < 1.29 is 47.6 Å².